The molecule has 2 aromatic carbocycles. The highest BCUT2D eigenvalue weighted by Crippen LogP contribution is 2.40. The molecule has 0 aliphatic carbocycles. The van der Waals surface area contributed by atoms with Gasteiger partial charge in [0.25, 0.3) is 0 Å². The van der Waals surface area contributed by atoms with Crippen molar-refractivity contribution < 1.29 is 33.3 Å². The van der Waals surface area contributed by atoms with Crippen LogP contribution < -0.4 is 18.9 Å². The Kier molecular flexibility index (Phi) is 5.54. The van der Waals surface area contributed by atoms with Crippen LogP contribution in [-0.2, 0) is 9.53 Å². The maximum atomic E-state index is 12.7. The zero-order chi connectivity index (χ0) is 20.3. The van der Waals surface area contributed by atoms with Crippen molar-refractivity contribution in [2.24, 2.45) is 0 Å². The molecule has 0 unspecified atom stereocenters. The Hall–Kier alpha value is -3.48. The molecule has 0 fully saturated rings. The lowest BCUT2D eigenvalue weighted by Gasteiger charge is -2.10. The minimum Gasteiger partial charge on any atom is -0.497 e. The summed E-state index contributed by atoms with van der Waals surface area (Å²) >= 11 is 0. The number of carbonyl (C=O) groups is 2. The molecular formula is C21H20O7. The van der Waals surface area contributed by atoms with Gasteiger partial charge >= 0.3 is 5.97 Å². The van der Waals surface area contributed by atoms with Gasteiger partial charge in [-0.2, -0.15) is 0 Å². The smallest absolute Gasteiger partial charge is 0.343 e. The monoisotopic (exact) mass is 384 g/mol. The van der Waals surface area contributed by atoms with Crippen LogP contribution in [-0.4, -0.2) is 39.7 Å². The predicted octanol–water partition coefficient (Wildman–Crippen LogP) is 3.18. The van der Waals surface area contributed by atoms with Crippen molar-refractivity contribution in [1.29, 1.82) is 0 Å². The third-order valence-corrected chi connectivity index (χ3v) is 4.34. The van der Waals surface area contributed by atoms with Crippen molar-refractivity contribution >= 4 is 17.8 Å². The maximum absolute atomic E-state index is 12.7. The number of allylic oxidation sites excluding steroid dienone is 1. The third kappa shape index (κ3) is 3.64. The Labute approximate surface area is 162 Å². The Morgan fingerprint density at radius 3 is 2.54 bits per heavy atom. The highest BCUT2D eigenvalue weighted by molar-refractivity contribution is 6.15. The van der Waals surface area contributed by atoms with Crippen LogP contribution in [0.4, 0.5) is 0 Å². The topological polar surface area (TPSA) is 80.3 Å². The zero-order valence-corrected chi connectivity index (χ0v) is 16.0. The maximum Gasteiger partial charge on any atom is 0.343 e. The molecule has 0 radical (unpaired) electrons. The van der Waals surface area contributed by atoms with Crippen molar-refractivity contribution in [1.82, 2.24) is 0 Å². The Balaban J connectivity index is 1.90. The first kappa shape index (κ1) is 19.3. The summed E-state index contributed by atoms with van der Waals surface area (Å²) in [6.45, 7) is 1.53. The SMILES string of the molecule is COC(=O)COc1ccc2c(c1C)OC(=Cc1ccc(OC)cc1OC)C2=O. The summed E-state index contributed by atoms with van der Waals surface area (Å²) in [5.74, 6) is 1.49. The quantitative estimate of drug-likeness (QED) is 0.559. The summed E-state index contributed by atoms with van der Waals surface area (Å²) in [6, 6.07) is 8.52. The number of hydrogen-bond acceptors (Lipinski definition) is 7. The van der Waals surface area contributed by atoms with Crippen LogP contribution in [0.15, 0.2) is 36.1 Å². The molecule has 1 aliphatic heterocycles. The molecule has 1 heterocycles. The molecule has 146 valence electrons. The van der Waals surface area contributed by atoms with Crippen LogP contribution in [0.3, 0.4) is 0 Å². The average molecular weight is 384 g/mol. The van der Waals surface area contributed by atoms with Crippen LogP contribution in [0.5, 0.6) is 23.0 Å². The van der Waals surface area contributed by atoms with Crippen molar-refractivity contribution in [2.45, 2.75) is 6.92 Å². The standard InChI is InChI=1S/C21H20O7/c1-12-16(27-11-19(22)26-4)8-7-15-20(23)18(28-21(12)15)9-13-5-6-14(24-2)10-17(13)25-3/h5-10H,11H2,1-4H3. The molecule has 3 rings (SSSR count). The van der Waals surface area contributed by atoms with Crippen LogP contribution in [0, 0.1) is 6.92 Å². The van der Waals surface area contributed by atoms with Crippen molar-refractivity contribution in [3.05, 3.63) is 52.8 Å². The summed E-state index contributed by atoms with van der Waals surface area (Å²) in [7, 11) is 4.39. The van der Waals surface area contributed by atoms with Gasteiger partial charge in [-0.15, -0.1) is 0 Å². The number of carbonyl (C=O) groups excluding carboxylic acids is 2. The van der Waals surface area contributed by atoms with E-state index in [0.717, 1.165) is 0 Å². The van der Waals surface area contributed by atoms with E-state index in [1.165, 1.54) is 14.2 Å². The normalized spacial score (nSPS) is 13.7. The fourth-order valence-corrected chi connectivity index (χ4v) is 2.80. The Bertz CT molecular complexity index is 959. The van der Waals surface area contributed by atoms with E-state index in [2.05, 4.69) is 4.74 Å². The molecular weight excluding hydrogens is 364 g/mol. The number of Topliss-reactive ketones (excluding diaryl/α,β-unsaturated/α-hetero) is 1. The first-order chi connectivity index (χ1) is 13.5. The minimum absolute atomic E-state index is 0.173. The number of rotatable bonds is 6. The molecule has 28 heavy (non-hydrogen) atoms. The highest BCUT2D eigenvalue weighted by Gasteiger charge is 2.30. The minimum atomic E-state index is -0.496. The number of esters is 1. The van der Waals surface area contributed by atoms with Gasteiger partial charge in [0, 0.05) is 17.2 Å². The van der Waals surface area contributed by atoms with Gasteiger partial charge in [-0.25, -0.2) is 4.79 Å². The predicted molar refractivity (Wildman–Crippen MR) is 101 cm³/mol. The molecule has 0 saturated carbocycles. The van der Waals surface area contributed by atoms with E-state index in [4.69, 9.17) is 18.9 Å². The first-order valence-corrected chi connectivity index (χ1v) is 8.48. The average Bonchev–Trinajstić information content (AvgIpc) is 3.03. The van der Waals surface area contributed by atoms with E-state index < -0.39 is 5.97 Å². The molecule has 0 spiro atoms. The van der Waals surface area contributed by atoms with Gasteiger partial charge in [-0.3, -0.25) is 4.79 Å². The number of ether oxygens (including phenoxy) is 5. The lowest BCUT2D eigenvalue weighted by molar-refractivity contribution is -0.142. The van der Waals surface area contributed by atoms with Gasteiger partial charge in [0.1, 0.15) is 23.0 Å². The van der Waals surface area contributed by atoms with E-state index in [9.17, 15) is 9.59 Å². The number of methoxy groups -OCH3 is 3. The van der Waals surface area contributed by atoms with Gasteiger partial charge < -0.3 is 23.7 Å². The summed E-state index contributed by atoms with van der Waals surface area (Å²) in [5.41, 5.74) is 1.74. The lowest BCUT2D eigenvalue weighted by Crippen LogP contribution is -2.13. The van der Waals surface area contributed by atoms with Crippen molar-refractivity contribution in [3.8, 4) is 23.0 Å². The molecule has 7 nitrogen and oxygen atoms in total. The number of benzene rings is 2. The zero-order valence-electron chi connectivity index (χ0n) is 16.0. The van der Waals surface area contributed by atoms with Gasteiger partial charge in [0.05, 0.1) is 26.9 Å². The molecule has 0 atom stereocenters. The summed E-state index contributed by atoms with van der Waals surface area (Å²) in [5, 5.41) is 0. The molecule has 0 aromatic heterocycles. The van der Waals surface area contributed by atoms with Crippen molar-refractivity contribution in [2.75, 3.05) is 27.9 Å². The molecule has 2 aromatic rings. The summed E-state index contributed by atoms with van der Waals surface area (Å²) < 4.78 is 26.4. The van der Waals surface area contributed by atoms with E-state index in [1.54, 1.807) is 50.4 Å². The Morgan fingerprint density at radius 1 is 1.07 bits per heavy atom. The largest absolute Gasteiger partial charge is 0.497 e. The molecule has 0 saturated heterocycles. The highest BCUT2D eigenvalue weighted by atomic mass is 16.6. The fourth-order valence-electron chi connectivity index (χ4n) is 2.80. The van der Waals surface area contributed by atoms with Gasteiger partial charge in [0.2, 0.25) is 5.78 Å². The van der Waals surface area contributed by atoms with Gasteiger partial charge in [0.15, 0.2) is 12.4 Å². The van der Waals surface area contributed by atoms with Crippen LogP contribution in [0.2, 0.25) is 0 Å². The number of hydrogen-bond donors (Lipinski definition) is 0. The molecule has 0 amide bonds. The first-order valence-electron chi connectivity index (χ1n) is 8.48. The molecule has 0 bridgehead atoms. The van der Waals surface area contributed by atoms with E-state index >= 15 is 0 Å². The second kappa shape index (κ2) is 8.04. The van der Waals surface area contributed by atoms with Gasteiger partial charge in [-0.05, 0) is 37.3 Å². The Morgan fingerprint density at radius 2 is 1.86 bits per heavy atom. The van der Waals surface area contributed by atoms with Crippen LogP contribution >= 0.6 is 0 Å². The van der Waals surface area contributed by atoms with Gasteiger partial charge in [-0.1, -0.05) is 0 Å². The van der Waals surface area contributed by atoms with Crippen molar-refractivity contribution in [3.63, 3.8) is 0 Å². The molecule has 1 aliphatic rings. The second-order valence-corrected chi connectivity index (χ2v) is 5.98. The number of ketones is 1. The molecule has 7 heteroatoms. The van der Waals surface area contributed by atoms with E-state index in [-0.39, 0.29) is 18.1 Å². The van der Waals surface area contributed by atoms with E-state index in [0.29, 0.717) is 39.7 Å². The fraction of sp³-hybridized carbons (Fsp3) is 0.238. The summed E-state index contributed by atoms with van der Waals surface area (Å²) in [6.07, 6.45) is 1.62. The molecule has 0 N–H and O–H groups in total. The van der Waals surface area contributed by atoms with Crippen LogP contribution in [0.1, 0.15) is 21.5 Å². The number of fused-ring (bicyclic) bond motifs is 1. The summed E-state index contributed by atoms with van der Waals surface area (Å²) in [4.78, 5) is 24.0. The lowest BCUT2D eigenvalue weighted by atomic mass is 10.1. The second-order valence-electron chi connectivity index (χ2n) is 5.98. The van der Waals surface area contributed by atoms with E-state index in [1.807, 2.05) is 0 Å². The third-order valence-electron chi connectivity index (χ3n) is 4.34. The van der Waals surface area contributed by atoms with Crippen LogP contribution in [0.25, 0.3) is 6.08 Å².